The van der Waals surface area contributed by atoms with Gasteiger partial charge in [0.1, 0.15) is 36.2 Å². The second kappa shape index (κ2) is 11.0. The van der Waals surface area contributed by atoms with E-state index >= 15 is 0 Å². The Hall–Kier alpha value is -3.21. The van der Waals surface area contributed by atoms with Crippen LogP contribution in [0.3, 0.4) is 0 Å². The number of hydrogen-bond donors (Lipinski definition) is 2. The number of benzene rings is 1. The van der Waals surface area contributed by atoms with E-state index in [9.17, 15) is 4.79 Å². The summed E-state index contributed by atoms with van der Waals surface area (Å²) in [5.41, 5.74) is 14.7. The van der Waals surface area contributed by atoms with Crippen molar-refractivity contribution < 1.29 is 19.0 Å². The third-order valence-electron chi connectivity index (χ3n) is 8.58. The minimum Gasteiger partial charge on any atom is -0.491 e. The molecule has 3 aliphatic rings. The van der Waals surface area contributed by atoms with Crippen molar-refractivity contribution in [2.24, 2.45) is 11.7 Å². The summed E-state index contributed by atoms with van der Waals surface area (Å²) >= 11 is 0. The summed E-state index contributed by atoms with van der Waals surface area (Å²) in [5, 5.41) is 0.863. The lowest BCUT2D eigenvalue weighted by molar-refractivity contribution is -0.147. The van der Waals surface area contributed by atoms with Crippen molar-refractivity contribution in [2.45, 2.75) is 69.7 Å². The Balaban J connectivity index is 1.19. The second-order valence-electron chi connectivity index (χ2n) is 12.1. The minimum atomic E-state index is -0.377. The minimum absolute atomic E-state index is 0.150. The molecule has 10 heteroatoms. The van der Waals surface area contributed by atoms with Gasteiger partial charge in [-0.15, -0.1) is 0 Å². The molecule has 2 saturated heterocycles. The molecule has 3 aromatic rings. The first-order valence-corrected chi connectivity index (χ1v) is 14.4. The molecule has 214 valence electrons. The number of rotatable bonds is 8. The number of carbonyl (C=O) groups is 1. The van der Waals surface area contributed by atoms with Gasteiger partial charge in [-0.05, 0) is 69.6 Å². The molecule has 6 rings (SSSR count). The zero-order chi connectivity index (χ0) is 27.9. The molecule has 40 heavy (non-hydrogen) atoms. The summed E-state index contributed by atoms with van der Waals surface area (Å²) in [6, 6.07) is 8.03. The first-order valence-electron chi connectivity index (χ1n) is 14.4. The lowest BCUT2D eigenvalue weighted by atomic mass is 9.79. The number of hydrogen-bond acceptors (Lipinski definition) is 8. The molecule has 0 bridgehead atoms. The van der Waals surface area contributed by atoms with Gasteiger partial charge in [0.25, 0.3) is 0 Å². The fourth-order valence-corrected chi connectivity index (χ4v) is 6.40. The van der Waals surface area contributed by atoms with Gasteiger partial charge in [0.2, 0.25) is 5.91 Å². The van der Waals surface area contributed by atoms with Gasteiger partial charge in [-0.25, -0.2) is 9.97 Å². The molecule has 0 radical (unpaired) electrons. The summed E-state index contributed by atoms with van der Waals surface area (Å²) < 4.78 is 20.1. The van der Waals surface area contributed by atoms with E-state index in [4.69, 9.17) is 25.7 Å². The van der Waals surface area contributed by atoms with Gasteiger partial charge in [-0.1, -0.05) is 12.1 Å². The lowest BCUT2D eigenvalue weighted by Gasteiger charge is -2.46. The standard InChI is InChI=1S/C30H40N6O4/c1-30(2)17-35(25(16-40-30)28(32)37)13-19-10-21(11-19)36-14-24(26-27(31)33-18-34-29(26)36)20-6-5-8-22(12-20)39-15-23-7-3-4-9-38-23/h5-6,8,12,14,18-19,21,23,25H,3-4,7,9-11,13,15-17H2,1-2H3,(H2,32,37)(H2,31,33,34)/t19?,21?,23?,25-/m0/s1. The molecule has 4 N–H and O–H groups in total. The summed E-state index contributed by atoms with van der Waals surface area (Å²) in [6.45, 7) is 7.33. The van der Waals surface area contributed by atoms with Crippen LogP contribution < -0.4 is 16.2 Å². The monoisotopic (exact) mass is 548 g/mol. The van der Waals surface area contributed by atoms with Gasteiger partial charge in [-0.2, -0.15) is 0 Å². The van der Waals surface area contributed by atoms with E-state index in [0.29, 0.717) is 37.5 Å². The predicted octanol–water partition coefficient (Wildman–Crippen LogP) is 3.54. The van der Waals surface area contributed by atoms with Crippen LogP contribution in [0.1, 0.15) is 52.0 Å². The van der Waals surface area contributed by atoms with Gasteiger partial charge in [0.05, 0.1) is 23.7 Å². The molecular weight excluding hydrogens is 508 g/mol. The van der Waals surface area contributed by atoms with Crippen molar-refractivity contribution in [1.82, 2.24) is 19.4 Å². The summed E-state index contributed by atoms with van der Waals surface area (Å²) in [6.07, 6.45) is 9.16. The number of primary amides is 1. The SMILES string of the molecule is CC1(C)CN(CC2CC(n3cc(-c4cccc(OCC5CCCCO5)c4)c4c(N)ncnc43)C2)[C@H](C(N)=O)CO1. The number of fused-ring (bicyclic) bond motifs is 1. The number of amides is 1. The van der Waals surface area contributed by atoms with E-state index in [1.54, 1.807) is 0 Å². The molecule has 1 unspecified atom stereocenters. The molecule has 1 amide bonds. The van der Waals surface area contributed by atoms with Crippen LogP contribution in [0.2, 0.25) is 0 Å². The molecule has 2 atom stereocenters. The molecule has 4 heterocycles. The Kier molecular flexibility index (Phi) is 7.41. The van der Waals surface area contributed by atoms with Crippen molar-refractivity contribution in [1.29, 1.82) is 0 Å². The van der Waals surface area contributed by atoms with Crippen molar-refractivity contribution in [2.75, 3.05) is 38.6 Å². The van der Waals surface area contributed by atoms with E-state index in [2.05, 4.69) is 51.6 Å². The van der Waals surface area contributed by atoms with E-state index < -0.39 is 0 Å². The number of nitrogens with two attached hydrogens (primary N) is 2. The van der Waals surface area contributed by atoms with Crippen LogP contribution >= 0.6 is 0 Å². The smallest absolute Gasteiger partial charge is 0.237 e. The van der Waals surface area contributed by atoms with E-state index in [0.717, 1.165) is 66.7 Å². The molecule has 2 aromatic heterocycles. The largest absolute Gasteiger partial charge is 0.491 e. The van der Waals surface area contributed by atoms with E-state index in [1.807, 2.05) is 12.1 Å². The average molecular weight is 549 g/mol. The van der Waals surface area contributed by atoms with E-state index in [-0.39, 0.29) is 23.7 Å². The summed E-state index contributed by atoms with van der Waals surface area (Å²) in [5.74, 6) is 1.41. The van der Waals surface area contributed by atoms with Crippen LogP contribution in [0.4, 0.5) is 5.82 Å². The number of nitrogens with zero attached hydrogens (tertiary/aromatic N) is 4. The van der Waals surface area contributed by atoms with Crippen LogP contribution in [0.15, 0.2) is 36.8 Å². The van der Waals surface area contributed by atoms with Crippen LogP contribution in [0, 0.1) is 5.92 Å². The third-order valence-corrected chi connectivity index (χ3v) is 8.58. The molecule has 1 aliphatic carbocycles. The number of aromatic nitrogens is 3. The van der Waals surface area contributed by atoms with Gasteiger partial charge in [-0.3, -0.25) is 9.69 Å². The molecular formula is C30H40N6O4. The summed E-state index contributed by atoms with van der Waals surface area (Å²) in [4.78, 5) is 23.2. The van der Waals surface area contributed by atoms with Crippen LogP contribution in [0.5, 0.6) is 5.75 Å². The molecule has 2 aliphatic heterocycles. The highest BCUT2D eigenvalue weighted by molar-refractivity contribution is 6.00. The predicted molar refractivity (Wildman–Crippen MR) is 153 cm³/mol. The number of anilines is 1. The van der Waals surface area contributed by atoms with Crippen molar-refractivity contribution in [3.63, 3.8) is 0 Å². The van der Waals surface area contributed by atoms with Crippen molar-refractivity contribution in [3.8, 4) is 16.9 Å². The molecule has 3 fully saturated rings. The average Bonchev–Trinajstić information content (AvgIpc) is 3.30. The lowest BCUT2D eigenvalue weighted by Crippen LogP contribution is -2.60. The Morgan fingerprint density at radius 2 is 2.08 bits per heavy atom. The first-order chi connectivity index (χ1) is 19.3. The fourth-order valence-electron chi connectivity index (χ4n) is 6.40. The van der Waals surface area contributed by atoms with E-state index in [1.165, 1.54) is 12.7 Å². The van der Waals surface area contributed by atoms with Gasteiger partial charge >= 0.3 is 0 Å². The Bertz CT molecular complexity index is 1360. The normalized spacial score (nSPS) is 26.9. The Labute approximate surface area is 235 Å². The topological polar surface area (TPSA) is 131 Å². The van der Waals surface area contributed by atoms with Crippen molar-refractivity contribution >= 4 is 22.8 Å². The molecule has 1 saturated carbocycles. The van der Waals surface area contributed by atoms with Gasteiger partial charge in [0.15, 0.2) is 0 Å². The van der Waals surface area contributed by atoms with Crippen LogP contribution in [-0.2, 0) is 14.3 Å². The maximum Gasteiger partial charge on any atom is 0.237 e. The molecule has 0 spiro atoms. The Morgan fingerprint density at radius 3 is 2.85 bits per heavy atom. The fraction of sp³-hybridized carbons (Fsp3) is 0.567. The van der Waals surface area contributed by atoms with Crippen LogP contribution in [0.25, 0.3) is 22.2 Å². The highest BCUT2D eigenvalue weighted by Crippen LogP contribution is 2.44. The summed E-state index contributed by atoms with van der Waals surface area (Å²) in [7, 11) is 0. The molecule has 10 nitrogen and oxygen atoms in total. The van der Waals surface area contributed by atoms with Crippen LogP contribution in [-0.4, -0.2) is 76.0 Å². The zero-order valence-corrected chi connectivity index (χ0v) is 23.4. The number of nitrogen functional groups attached to an aromatic ring is 1. The number of carbonyl (C=O) groups excluding carboxylic acids is 1. The highest BCUT2D eigenvalue weighted by atomic mass is 16.5. The molecule has 1 aromatic carbocycles. The third kappa shape index (κ3) is 5.53. The van der Waals surface area contributed by atoms with Gasteiger partial charge in [0, 0.05) is 37.5 Å². The Morgan fingerprint density at radius 1 is 1.23 bits per heavy atom. The quantitative estimate of drug-likeness (QED) is 0.437. The maximum absolute atomic E-state index is 12.1. The zero-order valence-electron chi connectivity index (χ0n) is 23.4. The van der Waals surface area contributed by atoms with Gasteiger partial charge < -0.3 is 30.2 Å². The van der Waals surface area contributed by atoms with Crippen molar-refractivity contribution in [3.05, 3.63) is 36.8 Å². The second-order valence-corrected chi connectivity index (χ2v) is 12.1. The maximum atomic E-state index is 12.1. The number of ether oxygens (including phenoxy) is 3. The highest BCUT2D eigenvalue weighted by Gasteiger charge is 2.40. The first kappa shape index (κ1) is 27.0. The number of morpholine rings is 1.